The molecule has 0 amide bonds. The van der Waals surface area contributed by atoms with Crippen molar-refractivity contribution in [3.63, 3.8) is 0 Å². The van der Waals surface area contributed by atoms with E-state index in [9.17, 15) is 5.11 Å². The molecular weight excluding hydrogens is 388 g/mol. The van der Waals surface area contributed by atoms with E-state index in [2.05, 4.69) is 36.2 Å². The molecule has 3 atom stereocenters. The summed E-state index contributed by atoms with van der Waals surface area (Å²) in [5.41, 5.74) is 10.9. The van der Waals surface area contributed by atoms with Crippen molar-refractivity contribution in [1.29, 1.82) is 0 Å². The minimum Gasteiger partial charge on any atom is -0.399 e. The highest BCUT2D eigenvalue weighted by atomic mass is 16.7. The predicted octanol–water partition coefficient (Wildman–Crippen LogP) is 4.44. The van der Waals surface area contributed by atoms with Gasteiger partial charge < -0.3 is 20.3 Å². The molecule has 0 unspecified atom stereocenters. The third kappa shape index (κ3) is 5.71. The van der Waals surface area contributed by atoms with E-state index >= 15 is 0 Å². The Morgan fingerprint density at radius 1 is 0.903 bits per heavy atom. The van der Waals surface area contributed by atoms with Crippen molar-refractivity contribution in [2.45, 2.75) is 38.1 Å². The molecule has 1 aliphatic rings. The average Bonchev–Trinajstić information content (AvgIpc) is 2.79. The van der Waals surface area contributed by atoms with E-state index in [1.54, 1.807) is 0 Å². The van der Waals surface area contributed by atoms with E-state index in [1.165, 1.54) is 5.56 Å². The molecule has 0 bridgehead atoms. The SMILES string of the molecule is CN(Cc1ccccc1)C[C@H]1C[C@@H](c2ccc(CO)cc2)O[C@@H](c2cccc(N)c2)O1. The first-order valence-electron chi connectivity index (χ1n) is 10.7. The fourth-order valence-corrected chi connectivity index (χ4v) is 4.05. The Kier molecular flexibility index (Phi) is 6.99. The predicted molar refractivity (Wildman–Crippen MR) is 122 cm³/mol. The van der Waals surface area contributed by atoms with Gasteiger partial charge in [-0.05, 0) is 35.9 Å². The van der Waals surface area contributed by atoms with Crippen LogP contribution < -0.4 is 5.73 Å². The van der Waals surface area contributed by atoms with Crippen LogP contribution in [0.4, 0.5) is 5.69 Å². The fraction of sp³-hybridized carbons (Fsp3) is 0.308. The second-order valence-electron chi connectivity index (χ2n) is 8.20. The molecular formula is C26H30N2O3. The number of likely N-dealkylation sites (N-methyl/N-ethyl adjacent to an activating group) is 1. The Morgan fingerprint density at radius 2 is 1.68 bits per heavy atom. The second kappa shape index (κ2) is 10.1. The minimum atomic E-state index is -0.477. The number of anilines is 1. The van der Waals surface area contributed by atoms with Crippen LogP contribution in [0.25, 0.3) is 0 Å². The van der Waals surface area contributed by atoms with Gasteiger partial charge in [0.15, 0.2) is 6.29 Å². The summed E-state index contributed by atoms with van der Waals surface area (Å²) in [7, 11) is 2.12. The Labute approximate surface area is 184 Å². The van der Waals surface area contributed by atoms with Crippen molar-refractivity contribution in [3.8, 4) is 0 Å². The summed E-state index contributed by atoms with van der Waals surface area (Å²) in [6.45, 7) is 1.69. The molecule has 1 saturated heterocycles. The molecule has 1 heterocycles. The van der Waals surface area contributed by atoms with E-state index in [-0.39, 0.29) is 18.8 Å². The zero-order valence-corrected chi connectivity index (χ0v) is 17.9. The second-order valence-corrected chi connectivity index (χ2v) is 8.20. The Bertz CT molecular complexity index is 962. The number of benzene rings is 3. The third-order valence-electron chi connectivity index (χ3n) is 5.61. The molecule has 1 aliphatic heterocycles. The van der Waals surface area contributed by atoms with E-state index < -0.39 is 6.29 Å². The van der Waals surface area contributed by atoms with Crippen LogP contribution in [0.2, 0.25) is 0 Å². The highest BCUT2D eigenvalue weighted by molar-refractivity contribution is 5.41. The van der Waals surface area contributed by atoms with Crippen molar-refractivity contribution in [2.24, 2.45) is 0 Å². The third-order valence-corrected chi connectivity index (χ3v) is 5.61. The summed E-state index contributed by atoms with van der Waals surface area (Å²) in [5.74, 6) is 0. The molecule has 0 saturated carbocycles. The van der Waals surface area contributed by atoms with Crippen molar-refractivity contribution >= 4 is 5.69 Å². The molecule has 0 aromatic heterocycles. The normalized spacial score (nSPS) is 21.3. The highest BCUT2D eigenvalue weighted by Gasteiger charge is 2.32. The van der Waals surface area contributed by atoms with Gasteiger partial charge in [0.1, 0.15) is 0 Å². The lowest BCUT2D eigenvalue weighted by molar-refractivity contribution is -0.252. The molecule has 5 heteroatoms. The van der Waals surface area contributed by atoms with Gasteiger partial charge in [-0.15, -0.1) is 0 Å². The maximum absolute atomic E-state index is 9.35. The summed E-state index contributed by atoms with van der Waals surface area (Å²) in [4.78, 5) is 2.29. The lowest BCUT2D eigenvalue weighted by Gasteiger charge is -2.38. The highest BCUT2D eigenvalue weighted by Crippen LogP contribution is 2.38. The first-order valence-corrected chi connectivity index (χ1v) is 10.7. The lowest BCUT2D eigenvalue weighted by atomic mass is 9.99. The fourth-order valence-electron chi connectivity index (χ4n) is 4.05. The number of rotatable bonds is 7. The average molecular weight is 419 g/mol. The van der Waals surface area contributed by atoms with Crippen LogP contribution >= 0.6 is 0 Å². The molecule has 3 aromatic rings. The van der Waals surface area contributed by atoms with Gasteiger partial charge in [0, 0.05) is 30.8 Å². The first-order chi connectivity index (χ1) is 15.1. The van der Waals surface area contributed by atoms with Crippen molar-refractivity contribution in [1.82, 2.24) is 4.90 Å². The number of aliphatic hydroxyl groups excluding tert-OH is 1. The number of nitrogen functional groups attached to an aromatic ring is 1. The summed E-state index contributed by atoms with van der Waals surface area (Å²) in [6.07, 6.45) is 0.200. The van der Waals surface area contributed by atoms with Gasteiger partial charge >= 0.3 is 0 Å². The van der Waals surface area contributed by atoms with Crippen LogP contribution in [0.3, 0.4) is 0 Å². The molecule has 0 radical (unpaired) electrons. The van der Waals surface area contributed by atoms with Crippen LogP contribution in [-0.4, -0.2) is 29.7 Å². The summed E-state index contributed by atoms with van der Waals surface area (Å²) < 4.78 is 12.7. The van der Waals surface area contributed by atoms with E-state index in [1.807, 2.05) is 54.6 Å². The van der Waals surface area contributed by atoms with Crippen molar-refractivity contribution in [2.75, 3.05) is 19.3 Å². The number of hydrogen-bond donors (Lipinski definition) is 2. The Balaban J connectivity index is 1.52. The maximum Gasteiger partial charge on any atom is 0.185 e. The smallest absolute Gasteiger partial charge is 0.185 e. The van der Waals surface area contributed by atoms with Gasteiger partial charge in [-0.2, -0.15) is 0 Å². The molecule has 1 fully saturated rings. The molecule has 3 N–H and O–H groups in total. The molecule has 0 spiro atoms. The summed E-state index contributed by atoms with van der Waals surface area (Å²) >= 11 is 0. The van der Waals surface area contributed by atoms with Gasteiger partial charge in [-0.1, -0.05) is 66.7 Å². The van der Waals surface area contributed by atoms with E-state index in [4.69, 9.17) is 15.2 Å². The van der Waals surface area contributed by atoms with Crippen molar-refractivity contribution in [3.05, 3.63) is 101 Å². The monoisotopic (exact) mass is 418 g/mol. The largest absolute Gasteiger partial charge is 0.399 e. The van der Waals surface area contributed by atoms with Gasteiger partial charge in [-0.3, -0.25) is 4.90 Å². The van der Waals surface area contributed by atoms with Gasteiger partial charge in [0.05, 0.1) is 18.8 Å². The summed E-state index contributed by atoms with van der Waals surface area (Å²) in [6, 6.07) is 26.1. The van der Waals surface area contributed by atoms with Crippen molar-refractivity contribution < 1.29 is 14.6 Å². The zero-order valence-electron chi connectivity index (χ0n) is 17.9. The molecule has 4 rings (SSSR count). The van der Waals surface area contributed by atoms with Gasteiger partial charge in [0.2, 0.25) is 0 Å². The Morgan fingerprint density at radius 3 is 2.39 bits per heavy atom. The number of ether oxygens (including phenoxy) is 2. The number of nitrogens with zero attached hydrogens (tertiary/aromatic N) is 1. The van der Waals surface area contributed by atoms with E-state index in [0.29, 0.717) is 5.69 Å². The number of nitrogens with two attached hydrogens (primary N) is 1. The number of aliphatic hydroxyl groups is 1. The van der Waals surface area contributed by atoms with Crippen LogP contribution in [0.1, 0.15) is 41.1 Å². The first kappa shape index (κ1) is 21.5. The van der Waals surface area contributed by atoms with Crippen LogP contribution in [-0.2, 0) is 22.6 Å². The van der Waals surface area contributed by atoms with Gasteiger partial charge in [-0.25, -0.2) is 0 Å². The minimum absolute atomic E-state index is 0.0106. The molecule has 5 nitrogen and oxygen atoms in total. The topological polar surface area (TPSA) is 68.0 Å². The Hall–Kier alpha value is -2.70. The molecule has 162 valence electrons. The van der Waals surface area contributed by atoms with Gasteiger partial charge in [0.25, 0.3) is 0 Å². The zero-order chi connectivity index (χ0) is 21.6. The van der Waals surface area contributed by atoms with E-state index in [0.717, 1.165) is 36.2 Å². The van der Waals surface area contributed by atoms with Crippen LogP contribution in [0, 0.1) is 0 Å². The standard InChI is InChI=1S/C26H30N2O3/c1-28(16-19-6-3-2-4-7-19)17-24-15-25(21-12-10-20(18-29)11-13-21)31-26(30-24)22-8-5-9-23(27)14-22/h2-14,24-26,29H,15-18,27H2,1H3/t24-,25+,26+/m1/s1. The lowest BCUT2D eigenvalue weighted by Crippen LogP contribution is -2.37. The maximum atomic E-state index is 9.35. The van der Waals surface area contributed by atoms with Crippen LogP contribution in [0.15, 0.2) is 78.9 Å². The summed E-state index contributed by atoms with van der Waals surface area (Å²) in [5, 5.41) is 9.35. The number of hydrogen-bond acceptors (Lipinski definition) is 5. The quantitative estimate of drug-likeness (QED) is 0.555. The molecule has 31 heavy (non-hydrogen) atoms. The van der Waals surface area contributed by atoms with Crippen LogP contribution in [0.5, 0.6) is 0 Å². The molecule has 3 aromatic carbocycles. The molecule has 0 aliphatic carbocycles.